The third-order valence-electron chi connectivity index (χ3n) is 2.40. The monoisotopic (exact) mass is 299 g/mol. The first kappa shape index (κ1) is 16.6. The summed E-state index contributed by atoms with van der Waals surface area (Å²) in [5.41, 5.74) is 8.47. The molecule has 0 aromatic heterocycles. The van der Waals surface area contributed by atoms with Crippen molar-refractivity contribution in [1.82, 2.24) is 5.32 Å². The Bertz CT molecular complexity index is 549. The summed E-state index contributed by atoms with van der Waals surface area (Å²) in [5.74, 6) is -0.379. The van der Waals surface area contributed by atoms with E-state index < -0.39 is 12.4 Å². The lowest BCUT2D eigenvalue weighted by molar-refractivity contribution is -0.274. The maximum atomic E-state index is 12.1. The lowest BCUT2D eigenvalue weighted by atomic mass is 10.1. The number of nitrogens with zero attached hydrogens (tertiary/aromatic N) is 4. The highest BCUT2D eigenvalue weighted by Gasteiger charge is 2.31. The van der Waals surface area contributed by atoms with E-state index in [1.807, 2.05) is 6.07 Å². The number of halogens is 3. The molecule has 1 N–H and O–H groups in total. The van der Waals surface area contributed by atoms with E-state index >= 15 is 0 Å². The molecule has 0 saturated carbocycles. The fraction of sp³-hybridized carbons (Fsp3) is 0.417. The van der Waals surface area contributed by atoms with Crippen LogP contribution in [0.5, 0.6) is 5.75 Å². The van der Waals surface area contributed by atoms with Gasteiger partial charge in [-0.15, -0.1) is 13.2 Å². The van der Waals surface area contributed by atoms with Crippen LogP contribution in [0.4, 0.5) is 13.2 Å². The van der Waals surface area contributed by atoms with Gasteiger partial charge in [0.2, 0.25) is 0 Å². The van der Waals surface area contributed by atoms with E-state index in [-0.39, 0.29) is 12.3 Å². The topological polar surface area (TPSA) is 93.8 Å². The van der Waals surface area contributed by atoms with Crippen LogP contribution in [0.2, 0.25) is 0 Å². The standard InChI is InChI=1S/C12H12F3N5O/c13-12(14,15)21-10-4-1-3-9(7-10)11(8-16)18-5-2-6-19-20-17/h1,3-4,7,11,18H,2,5-6H2. The second kappa shape index (κ2) is 7.99. The largest absolute Gasteiger partial charge is 0.573 e. The van der Waals surface area contributed by atoms with Crippen molar-refractivity contribution in [3.8, 4) is 11.8 Å². The molecule has 0 amide bonds. The summed E-state index contributed by atoms with van der Waals surface area (Å²) in [5, 5.41) is 15.2. The SMILES string of the molecule is N#CC(NCCCN=[N+]=[N-])c1cccc(OC(F)(F)F)c1. The summed E-state index contributed by atoms with van der Waals surface area (Å²) < 4.78 is 40.2. The van der Waals surface area contributed by atoms with Crippen LogP contribution in [0.3, 0.4) is 0 Å². The Morgan fingerprint density at radius 2 is 2.24 bits per heavy atom. The van der Waals surface area contributed by atoms with Gasteiger partial charge in [0, 0.05) is 11.5 Å². The van der Waals surface area contributed by atoms with Crippen LogP contribution in [0.25, 0.3) is 10.4 Å². The molecule has 0 aliphatic heterocycles. The van der Waals surface area contributed by atoms with Gasteiger partial charge in [-0.1, -0.05) is 17.2 Å². The Morgan fingerprint density at radius 3 is 2.86 bits per heavy atom. The predicted octanol–water partition coefficient (Wildman–Crippen LogP) is 3.44. The van der Waals surface area contributed by atoms with Crippen LogP contribution in [-0.2, 0) is 0 Å². The number of nitriles is 1. The van der Waals surface area contributed by atoms with Gasteiger partial charge in [0.15, 0.2) is 0 Å². The molecule has 1 atom stereocenters. The van der Waals surface area contributed by atoms with Gasteiger partial charge in [0.25, 0.3) is 0 Å². The van der Waals surface area contributed by atoms with Gasteiger partial charge in [-0.25, -0.2) is 0 Å². The third-order valence-corrected chi connectivity index (χ3v) is 2.40. The summed E-state index contributed by atoms with van der Waals surface area (Å²) in [6, 6.07) is 6.39. The molecule has 9 heteroatoms. The Balaban J connectivity index is 2.66. The van der Waals surface area contributed by atoms with Crippen LogP contribution in [-0.4, -0.2) is 19.5 Å². The van der Waals surface area contributed by atoms with Crippen molar-refractivity contribution in [3.63, 3.8) is 0 Å². The molecule has 21 heavy (non-hydrogen) atoms. The first-order chi connectivity index (χ1) is 9.96. The van der Waals surface area contributed by atoms with Crippen molar-refractivity contribution < 1.29 is 17.9 Å². The van der Waals surface area contributed by atoms with Crippen molar-refractivity contribution in [2.24, 2.45) is 5.11 Å². The molecule has 0 bridgehead atoms. The maximum Gasteiger partial charge on any atom is 0.573 e. The number of ether oxygens (including phenoxy) is 1. The fourth-order valence-corrected chi connectivity index (χ4v) is 1.57. The summed E-state index contributed by atoms with van der Waals surface area (Å²) in [7, 11) is 0. The van der Waals surface area contributed by atoms with Gasteiger partial charge in [-0.2, -0.15) is 5.26 Å². The minimum absolute atomic E-state index is 0.277. The zero-order valence-electron chi connectivity index (χ0n) is 10.8. The Kier molecular flexibility index (Phi) is 6.33. The molecule has 1 unspecified atom stereocenters. The number of nitrogens with one attached hydrogen (secondary N) is 1. The van der Waals surface area contributed by atoms with E-state index in [1.165, 1.54) is 12.1 Å². The smallest absolute Gasteiger partial charge is 0.406 e. The van der Waals surface area contributed by atoms with Gasteiger partial charge in [0.1, 0.15) is 11.8 Å². The molecular weight excluding hydrogens is 287 g/mol. The zero-order chi connectivity index (χ0) is 15.7. The Morgan fingerprint density at radius 1 is 1.48 bits per heavy atom. The van der Waals surface area contributed by atoms with Crippen molar-refractivity contribution >= 4 is 0 Å². The predicted molar refractivity (Wildman–Crippen MR) is 68.1 cm³/mol. The first-order valence-corrected chi connectivity index (χ1v) is 5.96. The van der Waals surface area contributed by atoms with Gasteiger partial charge in [-0.3, -0.25) is 5.32 Å². The fourth-order valence-electron chi connectivity index (χ4n) is 1.57. The lowest BCUT2D eigenvalue weighted by Gasteiger charge is -2.14. The molecule has 0 fully saturated rings. The summed E-state index contributed by atoms with van der Waals surface area (Å²) in [6.45, 7) is 0.667. The van der Waals surface area contributed by atoms with Crippen molar-refractivity contribution in [2.75, 3.05) is 13.1 Å². The number of azide groups is 1. The average molecular weight is 299 g/mol. The van der Waals surface area contributed by atoms with E-state index in [4.69, 9.17) is 10.8 Å². The Hall–Kier alpha value is -2.43. The van der Waals surface area contributed by atoms with Gasteiger partial charge >= 0.3 is 6.36 Å². The molecule has 6 nitrogen and oxygen atoms in total. The number of alkyl halides is 3. The van der Waals surface area contributed by atoms with E-state index in [0.717, 1.165) is 12.1 Å². The zero-order valence-corrected chi connectivity index (χ0v) is 10.8. The first-order valence-electron chi connectivity index (χ1n) is 5.96. The normalized spacial score (nSPS) is 12.1. The van der Waals surface area contributed by atoms with Gasteiger partial charge in [-0.05, 0) is 36.2 Å². The number of rotatable bonds is 7. The third kappa shape index (κ3) is 6.51. The number of hydrogen-bond donors (Lipinski definition) is 1. The summed E-state index contributed by atoms with van der Waals surface area (Å²) in [4.78, 5) is 2.59. The quantitative estimate of drug-likeness (QED) is 0.361. The lowest BCUT2D eigenvalue weighted by Crippen LogP contribution is -2.22. The van der Waals surface area contributed by atoms with Crippen LogP contribution < -0.4 is 10.1 Å². The van der Waals surface area contributed by atoms with Crippen LogP contribution in [0.1, 0.15) is 18.0 Å². The Labute approximate surface area is 118 Å². The molecule has 0 radical (unpaired) electrons. The van der Waals surface area contributed by atoms with Crippen molar-refractivity contribution in [2.45, 2.75) is 18.8 Å². The second-order valence-electron chi connectivity index (χ2n) is 3.94. The van der Waals surface area contributed by atoms with E-state index in [9.17, 15) is 13.2 Å². The molecule has 0 heterocycles. The molecule has 0 aliphatic rings. The minimum atomic E-state index is -4.77. The molecule has 0 aliphatic carbocycles. The summed E-state index contributed by atoms with van der Waals surface area (Å²) in [6.07, 6.45) is -4.26. The molecule has 0 saturated heterocycles. The highest BCUT2D eigenvalue weighted by molar-refractivity contribution is 5.33. The van der Waals surface area contributed by atoms with Gasteiger partial charge < -0.3 is 4.74 Å². The highest BCUT2D eigenvalue weighted by atomic mass is 19.4. The molecule has 1 aromatic carbocycles. The van der Waals surface area contributed by atoms with Crippen molar-refractivity contribution in [1.29, 1.82) is 5.26 Å². The second-order valence-corrected chi connectivity index (χ2v) is 3.94. The highest BCUT2D eigenvalue weighted by Crippen LogP contribution is 2.25. The van der Waals surface area contributed by atoms with Crippen LogP contribution in [0, 0.1) is 11.3 Å². The van der Waals surface area contributed by atoms with Crippen LogP contribution >= 0.6 is 0 Å². The molecule has 1 aromatic rings. The molecule has 112 valence electrons. The molecule has 0 spiro atoms. The summed E-state index contributed by atoms with van der Waals surface area (Å²) >= 11 is 0. The number of benzene rings is 1. The maximum absolute atomic E-state index is 12.1. The van der Waals surface area contributed by atoms with Crippen LogP contribution in [0.15, 0.2) is 29.4 Å². The van der Waals surface area contributed by atoms with Crippen molar-refractivity contribution in [3.05, 3.63) is 40.3 Å². The van der Waals surface area contributed by atoms with E-state index in [2.05, 4.69) is 20.1 Å². The minimum Gasteiger partial charge on any atom is -0.406 e. The van der Waals surface area contributed by atoms with E-state index in [1.54, 1.807) is 0 Å². The van der Waals surface area contributed by atoms with E-state index in [0.29, 0.717) is 18.5 Å². The van der Waals surface area contributed by atoms with Gasteiger partial charge in [0.05, 0.1) is 6.07 Å². The number of hydrogen-bond acceptors (Lipinski definition) is 4. The molecule has 1 rings (SSSR count). The molecular formula is C12H12F3N5O. The average Bonchev–Trinajstić information content (AvgIpc) is 2.41.